The summed E-state index contributed by atoms with van der Waals surface area (Å²) in [6.45, 7) is 0. The number of ether oxygens (including phenoxy) is 1. The summed E-state index contributed by atoms with van der Waals surface area (Å²) in [7, 11) is 3.44. The number of nitrogens with two attached hydrogens (primary N) is 1. The number of aromatic nitrogens is 4. The van der Waals surface area contributed by atoms with Gasteiger partial charge in [0.1, 0.15) is 23.8 Å². The Hall–Kier alpha value is -3.69. The molecule has 0 bridgehead atoms. The molecule has 1 aromatic carbocycles. The van der Waals surface area contributed by atoms with Crippen molar-refractivity contribution in [3.8, 4) is 5.75 Å². The molecule has 0 fully saturated rings. The van der Waals surface area contributed by atoms with Crippen molar-refractivity contribution in [3.63, 3.8) is 0 Å². The molecule has 0 radical (unpaired) electrons. The normalized spacial score (nSPS) is 11.8. The van der Waals surface area contributed by atoms with Gasteiger partial charge in [0.25, 0.3) is 0 Å². The second-order valence-corrected chi connectivity index (χ2v) is 5.44. The summed E-state index contributed by atoms with van der Waals surface area (Å²) >= 11 is 0. The first-order valence-electron chi connectivity index (χ1n) is 7.65. The van der Waals surface area contributed by atoms with E-state index in [1.54, 1.807) is 13.3 Å². The molecule has 0 spiro atoms. The molecule has 0 saturated heterocycles. The average Bonchev–Trinajstić information content (AvgIpc) is 3.05. The molecule has 0 amide bonds. The standard InChI is InChI=1S/C16H17N7O3/c1-22-8-7-18-15(22)13(10-5-3-4-6-12(10)26-2)20-16-19-9-11(23(24)25)14(17)21-16/h3-9,13H,1-2H3,(H3,17,19,20,21). The summed E-state index contributed by atoms with van der Waals surface area (Å²) < 4.78 is 7.29. The van der Waals surface area contributed by atoms with E-state index in [9.17, 15) is 10.1 Å². The first kappa shape index (κ1) is 17.1. The number of rotatable bonds is 6. The van der Waals surface area contributed by atoms with Crippen molar-refractivity contribution in [1.82, 2.24) is 19.5 Å². The monoisotopic (exact) mass is 355 g/mol. The van der Waals surface area contributed by atoms with Gasteiger partial charge in [-0.25, -0.2) is 9.97 Å². The third-order valence-corrected chi connectivity index (χ3v) is 3.83. The summed E-state index contributed by atoms with van der Waals surface area (Å²) in [6.07, 6.45) is 4.55. The summed E-state index contributed by atoms with van der Waals surface area (Å²) in [5.41, 5.74) is 6.13. The molecule has 3 rings (SSSR count). The predicted octanol–water partition coefficient (Wildman–Crippen LogP) is 1.91. The number of nitrogen functional groups attached to an aromatic ring is 1. The molecule has 1 atom stereocenters. The zero-order valence-electron chi connectivity index (χ0n) is 14.2. The van der Waals surface area contributed by atoms with Crippen LogP contribution in [0.3, 0.4) is 0 Å². The molecule has 2 heterocycles. The van der Waals surface area contributed by atoms with Crippen LogP contribution in [-0.4, -0.2) is 31.6 Å². The minimum Gasteiger partial charge on any atom is -0.496 e. The van der Waals surface area contributed by atoms with Crippen LogP contribution in [0.4, 0.5) is 17.5 Å². The number of nitrogens with one attached hydrogen (secondary N) is 1. The van der Waals surface area contributed by atoms with Gasteiger partial charge in [-0.2, -0.15) is 4.98 Å². The van der Waals surface area contributed by atoms with E-state index in [0.29, 0.717) is 11.6 Å². The number of anilines is 2. The number of benzene rings is 1. The van der Waals surface area contributed by atoms with Crippen LogP contribution in [0, 0.1) is 10.1 Å². The lowest BCUT2D eigenvalue weighted by Gasteiger charge is -2.21. The van der Waals surface area contributed by atoms with Gasteiger partial charge in [0.15, 0.2) is 0 Å². The van der Waals surface area contributed by atoms with Gasteiger partial charge >= 0.3 is 5.69 Å². The topological polar surface area (TPSA) is 134 Å². The Morgan fingerprint density at radius 2 is 2.12 bits per heavy atom. The van der Waals surface area contributed by atoms with Crippen LogP contribution in [0.15, 0.2) is 42.9 Å². The predicted molar refractivity (Wildman–Crippen MR) is 94.8 cm³/mol. The molecule has 10 heteroatoms. The minimum atomic E-state index is -0.629. The zero-order valence-corrected chi connectivity index (χ0v) is 14.2. The average molecular weight is 355 g/mol. The SMILES string of the molecule is COc1ccccc1C(Nc1ncc([N+](=O)[O-])c(N)n1)c1nccn1C. The summed E-state index contributed by atoms with van der Waals surface area (Å²) in [6, 6.07) is 7.00. The molecule has 134 valence electrons. The number of hydrogen-bond acceptors (Lipinski definition) is 8. The third-order valence-electron chi connectivity index (χ3n) is 3.83. The van der Waals surface area contributed by atoms with E-state index in [2.05, 4.69) is 20.3 Å². The molecule has 2 aromatic heterocycles. The van der Waals surface area contributed by atoms with E-state index in [1.807, 2.05) is 42.1 Å². The van der Waals surface area contributed by atoms with Gasteiger partial charge in [0.05, 0.1) is 12.0 Å². The van der Waals surface area contributed by atoms with Crippen LogP contribution in [-0.2, 0) is 7.05 Å². The van der Waals surface area contributed by atoms with E-state index in [0.717, 1.165) is 11.8 Å². The van der Waals surface area contributed by atoms with Gasteiger partial charge in [0.2, 0.25) is 11.8 Å². The van der Waals surface area contributed by atoms with Crippen molar-refractivity contribution in [3.05, 3.63) is 64.4 Å². The Kier molecular flexibility index (Phi) is 4.65. The number of methoxy groups -OCH3 is 1. The molecule has 3 aromatic rings. The highest BCUT2D eigenvalue weighted by molar-refractivity contribution is 5.54. The van der Waals surface area contributed by atoms with Crippen molar-refractivity contribution in [2.24, 2.45) is 7.05 Å². The van der Waals surface area contributed by atoms with E-state index in [-0.39, 0.29) is 17.5 Å². The van der Waals surface area contributed by atoms with E-state index >= 15 is 0 Å². The van der Waals surface area contributed by atoms with Crippen molar-refractivity contribution in [2.45, 2.75) is 6.04 Å². The maximum atomic E-state index is 10.9. The molecule has 26 heavy (non-hydrogen) atoms. The molecular formula is C16H17N7O3. The van der Waals surface area contributed by atoms with Gasteiger partial charge in [-0.1, -0.05) is 18.2 Å². The molecular weight excluding hydrogens is 338 g/mol. The first-order chi connectivity index (χ1) is 12.5. The second-order valence-electron chi connectivity index (χ2n) is 5.44. The fourth-order valence-electron chi connectivity index (χ4n) is 2.57. The van der Waals surface area contributed by atoms with Crippen LogP contribution >= 0.6 is 0 Å². The fraction of sp³-hybridized carbons (Fsp3) is 0.188. The highest BCUT2D eigenvalue weighted by Gasteiger charge is 2.24. The largest absolute Gasteiger partial charge is 0.496 e. The van der Waals surface area contributed by atoms with Gasteiger partial charge in [-0.15, -0.1) is 0 Å². The number of hydrogen-bond donors (Lipinski definition) is 2. The third kappa shape index (κ3) is 3.24. The fourth-order valence-corrected chi connectivity index (χ4v) is 2.57. The van der Waals surface area contributed by atoms with Crippen molar-refractivity contribution >= 4 is 17.5 Å². The molecule has 0 saturated carbocycles. The number of imidazole rings is 1. The lowest BCUT2D eigenvalue weighted by atomic mass is 10.0. The van der Waals surface area contributed by atoms with Crippen molar-refractivity contribution in [2.75, 3.05) is 18.2 Å². The maximum Gasteiger partial charge on any atom is 0.329 e. The quantitative estimate of drug-likeness (QED) is 0.506. The molecule has 3 N–H and O–H groups in total. The van der Waals surface area contributed by atoms with Gasteiger partial charge in [0, 0.05) is 25.0 Å². The van der Waals surface area contributed by atoms with Gasteiger partial charge < -0.3 is 20.4 Å². The van der Waals surface area contributed by atoms with Crippen LogP contribution in [0.5, 0.6) is 5.75 Å². The van der Waals surface area contributed by atoms with Crippen molar-refractivity contribution < 1.29 is 9.66 Å². The van der Waals surface area contributed by atoms with Crippen LogP contribution < -0.4 is 15.8 Å². The van der Waals surface area contributed by atoms with Gasteiger partial charge in [-0.3, -0.25) is 10.1 Å². The van der Waals surface area contributed by atoms with E-state index < -0.39 is 11.0 Å². The van der Waals surface area contributed by atoms with Crippen molar-refractivity contribution in [1.29, 1.82) is 0 Å². The molecule has 10 nitrogen and oxygen atoms in total. The van der Waals surface area contributed by atoms with Gasteiger partial charge in [-0.05, 0) is 6.07 Å². The van der Waals surface area contributed by atoms with E-state index in [1.165, 1.54) is 0 Å². The highest BCUT2D eigenvalue weighted by Crippen LogP contribution is 2.31. The summed E-state index contributed by atoms with van der Waals surface area (Å²) in [4.78, 5) is 22.6. The van der Waals surface area contributed by atoms with Crippen LogP contribution in [0.1, 0.15) is 17.4 Å². The number of para-hydroxylation sites is 1. The lowest BCUT2D eigenvalue weighted by Crippen LogP contribution is -2.19. The highest BCUT2D eigenvalue weighted by atomic mass is 16.6. The summed E-state index contributed by atoms with van der Waals surface area (Å²) in [5, 5.41) is 14.0. The van der Waals surface area contributed by atoms with Crippen LogP contribution in [0.2, 0.25) is 0 Å². The first-order valence-corrected chi connectivity index (χ1v) is 7.65. The zero-order chi connectivity index (χ0) is 18.7. The smallest absolute Gasteiger partial charge is 0.329 e. The van der Waals surface area contributed by atoms with Crippen LogP contribution in [0.25, 0.3) is 0 Å². The number of aryl methyl sites for hydroxylation is 1. The molecule has 0 aliphatic carbocycles. The Balaban J connectivity index is 2.04. The Morgan fingerprint density at radius 3 is 2.73 bits per heavy atom. The Labute approximate surface area is 148 Å². The number of nitrogens with zero attached hydrogens (tertiary/aromatic N) is 5. The Bertz CT molecular complexity index is 941. The minimum absolute atomic E-state index is 0.145. The molecule has 0 aliphatic rings. The number of nitro groups is 1. The Morgan fingerprint density at radius 1 is 1.35 bits per heavy atom. The van der Waals surface area contributed by atoms with E-state index in [4.69, 9.17) is 10.5 Å². The second kappa shape index (κ2) is 7.05. The maximum absolute atomic E-state index is 10.9. The molecule has 0 aliphatic heterocycles. The lowest BCUT2D eigenvalue weighted by molar-refractivity contribution is -0.384. The molecule has 1 unspecified atom stereocenters. The summed E-state index contributed by atoms with van der Waals surface area (Å²) in [5.74, 6) is 1.27.